The largest absolute Gasteiger partial charge is 0.383 e. The van der Waals surface area contributed by atoms with Crippen molar-refractivity contribution in [2.24, 2.45) is 11.8 Å². The van der Waals surface area contributed by atoms with E-state index in [2.05, 4.69) is 64.1 Å². The fourth-order valence-electron chi connectivity index (χ4n) is 7.05. The first-order valence-electron chi connectivity index (χ1n) is 15.2. The highest BCUT2D eigenvalue weighted by Crippen LogP contribution is 2.38. The minimum absolute atomic E-state index is 0.243. The molecule has 0 spiro atoms. The van der Waals surface area contributed by atoms with Crippen molar-refractivity contribution in [3.63, 3.8) is 0 Å². The molecule has 6 rings (SSSR count). The van der Waals surface area contributed by atoms with Crippen LogP contribution in [0.3, 0.4) is 0 Å². The number of rotatable bonds is 8. The first-order valence-corrected chi connectivity index (χ1v) is 15.2. The van der Waals surface area contributed by atoms with Gasteiger partial charge in [0.2, 0.25) is 5.91 Å². The van der Waals surface area contributed by atoms with E-state index < -0.39 is 0 Å². The van der Waals surface area contributed by atoms with Crippen LogP contribution in [0.4, 0.5) is 5.69 Å². The molecule has 3 aromatic heterocycles. The summed E-state index contributed by atoms with van der Waals surface area (Å²) < 4.78 is 13.4. The second-order valence-corrected chi connectivity index (χ2v) is 12.3. The molecule has 3 aliphatic rings. The SMILES string of the molecule is COC[C@H](C)N1CCC(OC)(c2ccc(-c3cc4c(N5CCN(C(=O)C6CC(C)C6)CC5)ccnn4c3)nc2)CC1. The van der Waals surface area contributed by atoms with Crippen LogP contribution in [0.1, 0.15) is 45.1 Å². The van der Waals surface area contributed by atoms with Crippen molar-refractivity contribution < 1.29 is 14.3 Å². The van der Waals surface area contributed by atoms with E-state index in [-0.39, 0.29) is 11.5 Å². The molecule has 2 saturated heterocycles. The third-order valence-corrected chi connectivity index (χ3v) is 9.75. The molecule has 2 aliphatic heterocycles. The summed E-state index contributed by atoms with van der Waals surface area (Å²) in [6.45, 7) is 10.4. The molecule has 1 aliphatic carbocycles. The Hall–Kier alpha value is -3.01. The van der Waals surface area contributed by atoms with Crippen LogP contribution in [-0.4, -0.2) is 96.4 Å². The van der Waals surface area contributed by atoms with Gasteiger partial charge in [-0.25, -0.2) is 4.52 Å². The van der Waals surface area contributed by atoms with Crippen LogP contribution < -0.4 is 4.90 Å². The molecule has 41 heavy (non-hydrogen) atoms. The molecule has 0 aromatic carbocycles. The Morgan fingerprint density at radius 3 is 2.46 bits per heavy atom. The predicted octanol–water partition coefficient (Wildman–Crippen LogP) is 4.06. The minimum Gasteiger partial charge on any atom is -0.383 e. The van der Waals surface area contributed by atoms with Gasteiger partial charge in [0.25, 0.3) is 0 Å². The first-order chi connectivity index (χ1) is 19.9. The van der Waals surface area contributed by atoms with Crippen LogP contribution >= 0.6 is 0 Å². The van der Waals surface area contributed by atoms with Crippen LogP contribution in [0.25, 0.3) is 16.8 Å². The number of piperidine rings is 1. The molecule has 5 heterocycles. The standard InChI is InChI=1S/C32H44N6O3/c1-23-17-25(18-23)31(39)37-15-13-36(14-16-37)29-7-10-34-38-21-26(19-30(29)38)28-6-5-27(20-33-28)32(41-4)8-11-35(12-9-32)24(2)22-40-3/h5-7,10,19-21,23-25H,8-9,11-18,22H2,1-4H3/t23?,24-,25?/m0/s1. The van der Waals surface area contributed by atoms with Gasteiger partial charge in [-0.2, -0.15) is 5.10 Å². The number of hydrogen-bond acceptors (Lipinski definition) is 7. The maximum Gasteiger partial charge on any atom is 0.225 e. The van der Waals surface area contributed by atoms with Crippen molar-refractivity contribution in [3.8, 4) is 11.3 Å². The Morgan fingerprint density at radius 2 is 1.83 bits per heavy atom. The lowest BCUT2D eigenvalue weighted by Gasteiger charge is -2.43. The van der Waals surface area contributed by atoms with Crippen molar-refractivity contribution in [1.82, 2.24) is 24.4 Å². The molecular weight excluding hydrogens is 516 g/mol. The fraction of sp³-hybridized carbons (Fsp3) is 0.594. The van der Waals surface area contributed by atoms with Gasteiger partial charge in [0.05, 0.1) is 29.1 Å². The summed E-state index contributed by atoms with van der Waals surface area (Å²) in [5.41, 5.74) is 5.00. The number of nitrogens with zero attached hydrogens (tertiary/aromatic N) is 6. The molecule has 3 fully saturated rings. The lowest BCUT2D eigenvalue weighted by Crippen LogP contribution is -2.52. The zero-order valence-corrected chi connectivity index (χ0v) is 25.0. The quantitative estimate of drug-likeness (QED) is 0.411. The Morgan fingerprint density at radius 1 is 1.07 bits per heavy atom. The Balaban J connectivity index is 1.14. The molecule has 3 aromatic rings. The molecule has 1 atom stereocenters. The van der Waals surface area contributed by atoms with Crippen LogP contribution in [0.2, 0.25) is 0 Å². The number of amides is 1. The number of anilines is 1. The molecule has 9 heteroatoms. The average Bonchev–Trinajstić information content (AvgIpc) is 3.44. The number of methoxy groups -OCH3 is 2. The molecule has 9 nitrogen and oxygen atoms in total. The number of hydrogen-bond donors (Lipinski definition) is 0. The van der Waals surface area contributed by atoms with Crippen molar-refractivity contribution in [2.45, 2.75) is 51.2 Å². The second-order valence-electron chi connectivity index (χ2n) is 12.3. The lowest BCUT2D eigenvalue weighted by molar-refractivity contribution is -0.140. The summed E-state index contributed by atoms with van der Waals surface area (Å²) in [7, 11) is 3.58. The minimum atomic E-state index is -0.310. The Labute approximate surface area is 243 Å². The van der Waals surface area contributed by atoms with E-state index in [1.807, 2.05) is 24.0 Å². The van der Waals surface area contributed by atoms with Crippen LogP contribution in [0.15, 0.2) is 42.9 Å². The molecule has 0 bridgehead atoms. The van der Waals surface area contributed by atoms with Gasteiger partial charge in [0, 0.05) is 95.2 Å². The zero-order valence-electron chi connectivity index (χ0n) is 25.0. The third kappa shape index (κ3) is 5.47. The maximum absolute atomic E-state index is 12.8. The van der Waals surface area contributed by atoms with E-state index in [0.717, 1.165) is 99.6 Å². The number of carbonyl (C=O) groups is 1. The van der Waals surface area contributed by atoms with Crippen molar-refractivity contribution >= 4 is 17.1 Å². The molecule has 0 radical (unpaired) electrons. The smallest absolute Gasteiger partial charge is 0.225 e. The van der Waals surface area contributed by atoms with Gasteiger partial charge < -0.3 is 19.3 Å². The van der Waals surface area contributed by atoms with Gasteiger partial charge in [-0.15, -0.1) is 0 Å². The summed E-state index contributed by atoms with van der Waals surface area (Å²) in [5, 5.41) is 4.59. The van der Waals surface area contributed by atoms with Gasteiger partial charge in [-0.1, -0.05) is 13.0 Å². The molecule has 220 valence electrons. The normalized spacial score (nSPS) is 23.9. The van der Waals surface area contributed by atoms with E-state index in [9.17, 15) is 4.79 Å². The van der Waals surface area contributed by atoms with Gasteiger partial charge in [0.15, 0.2) is 0 Å². The van der Waals surface area contributed by atoms with Gasteiger partial charge in [-0.05, 0) is 56.7 Å². The summed E-state index contributed by atoms with van der Waals surface area (Å²) in [5.74, 6) is 1.29. The van der Waals surface area contributed by atoms with Crippen LogP contribution in [0, 0.1) is 11.8 Å². The summed E-state index contributed by atoms with van der Waals surface area (Å²) >= 11 is 0. The van der Waals surface area contributed by atoms with Gasteiger partial charge in [-0.3, -0.25) is 14.7 Å². The third-order valence-electron chi connectivity index (χ3n) is 9.75. The zero-order chi connectivity index (χ0) is 28.6. The summed E-state index contributed by atoms with van der Waals surface area (Å²) in [4.78, 5) is 24.7. The van der Waals surface area contributed by atoms with Gasteiger partial charge >= 0.3 is 0 Å². The Kier molecular flexibility index (Phi) is 8.03. The molecule has 0 N–H and O–H groups in total. The number of pyridine rings is 1. The monoisotopic (exact) mass is 560 g/mol. The van der Waals surface area contributed by atoms with Crippen LogP contribution in [-0.2, 0) is 19.9 Å². The van der Waals surface area contributed by atoms with Crippen molar-refractivity contribution in [1.29, 1.82) is 0 Å². The number of piperazine rings is 1. The molecular formula is C32H44N6O3. The first kappa shape index (κ1) is 28.1. The topological polar surface area (TPSA) is 75.4 Å². The molecule has 1 saturated carbocycles. The number of carbonyl (C=O) groups excluding carboxylic acids is 1. The van der Waals surface area contributed by atoms with Crippen LogP contribution in [0.5, 0.6) is 0 Å². The maximum atomic E-state index is 12.8. The highest BCUT2D eigenvalue weighted by atomic mass is 16.5. The number of ether oxygens (including phenoxy) is 2. The predicted molar refractivity (Wildman–Crippen MR) is 160 cm³/mol. The van der Waals surface area contributed by atoms with Crippen molar-refractivity contribution in [2.75, 3.05) is 65.0 Å². The number of aromatic nitrogens is 3. The van der Waals surface area contributed by atoms with Crippen molar-refractivity contribution in [3.05, 3.63) is 48.4 Å². The summed E-state index contributed by atoms with van der Waals surface area (Å²) in [6, 6.07) is 8.95. The fourth-order valence-corrected chi connectivity index (χ4v) is 7.05. The Bertz CT molecular complexity index is 1340. The van der Waals surface area contributed by atoms with E-state index in [4.69, 9.17) is 14.5 Å². The van der Waals surface area contributed by atoms with Gasteiger partial charge in [0.1, 0.15) is 0 Å². The van der Waals surface area contributed by atoms with E-state index in [0.29, 0.717) is 17.9 Å². The molecule has 0 unspecified atom stereocenters. The number of likely N-dealkylation sites (tertiary alicyclic amines) is 1. The number of fused-ring (bicyclic) bond motifs is 1. The highest BCUT2D eigenvalue weighted by molar-refractivity contribution is 5.81. The van der Waals surface area contributed by atoms with E-state index in [1.165, 1.54) is 0 Å². The van der Waals surface area contributed by atoms with E-state index >= 15 is 0 Å². The highest BCUT2D eigenvalue weighted by Gasteiger charge is 2.38. The lowest BCUT2D eigenvalue weighted by atomic mass is 9.75. The van der Waals surface area contributed by atoms with E-state index in [1.54, 1.807) is 7.11 Å². The summed E-state index contributed by atoms with van der Waals surface area (Å²) in [6.07, 6.45) is 9.86. The molecule has 1 amide bonds. The second kappa shape index (κ2) is 11.7. The average molecular weight is 561 g/mol.